The van der Waals surface area contributed by atoms with E-state index in [2.05, 4.69) is 0 Å². The summed E-state index contributed by atoms with van der Waals surface area (Å²) >= 11 is 12.1. The van der Waals surface area contributed by atoms with Gasteiger partial charge in [0.15, 0.2) is 0 Å². The molecule has 0 aliphatic heterocycles. The van der Waals surface area contributed by atoms with E-state index < -0.39 is 14.9 Å². The lowest BCUT2D eigenvalue weighted by molar-refractivity contribution is -0.384. The highest BCUT2D eigenvalue weighted by molar-refractivity contribution is 7.93. The molecule has 0 saturated carbocycles. The number of non-ortho nitro benzene ring substituents is 1. The number of rotatable bonds is 6. The number of nitrogens with zero attached hydrogens (tertiary/aromatic N) is 2. The maximum atomic E-state index is 13.0. The second kappa shape index (κ2) is 7.56. The summed E-state index contributed by atoms with van der Waals surface area (Å²) in [4.78, 5) is 10.1. The number of hydrogen-bond acceptors (Lipinski definition) is 6. The van der Waals surface area contributed by atoms with Gasteiger partial charge in [-0.05, 0) is 18.2 Å². The molecule has 0 N–H and O–H groups in total. The average molecular weight is 421 g/mol. The first-order chi connectivity index (χ1) is 12.1. The molecule has 26 heavy (non-hydrogen) atoms. The monoisotopic (exact) mass is 420 g/mol. The minimum absolute atomic E-state index is 0.0234. The van der Waals surface area contributed by atoms with Crippen LogP contribution in [0.2, 0.25) is 10.0 Å². The molecular weight excluding hydrogens is 407 g/mol. The van der Waals surface area contributed by atoms with Gasteiger partial charge in [-0.25, -0.2) is 8.42 Å². The fourth-order valence-corrected chi connectivity index (χ4v) is 4.20. The molecule has 0 unspecified atom stereocenters. The number of nitro groups is 1. The van der Waals surface area contributed by atoms with Crippen molar-refractivity contribution >= 4 is 44.6 Å². The Morgan fingerprint density at radius 3 is 2.15 bits per heavy atom. The van der Waals surface area contributed by atoms with E-state index in [9.17, 15) is 18.5 Å². The summed E-state index contributed by atoms with van der Waals surface area (Å²) in [5, 5.41) is 10.7. The second-order valence-corrected chi connectivity index (χ2v) is 7.67. The van der Waals surface area contributed by atoms with Gasteiger partial charge in [0.1, 0.15) is 27.1 Å². The summed E-state index contributed by atoms with van der Waals surface area (Å²) in [5.74, 6) is 0.351. The normalized spacial score (nSPS) is 11.1. The quantitative estimate of drug-likeness (QED) is 0.521. The molecule has 0 heterocycles. The Morgan fingerprint density at radius 2 is 1.62 bits per heavy atom. The lowest BCUT2D eigenvalue weighted by Crippen LogP contribution is -2.27. The Balaban J connectivity index is 2.62. The summed E-state index contributed by atoms with van der Waals surface area (Å²) in [5.41, 5.74) is -0.314. The van der Waals surface area contributed by atoms with Crippen LogP contribution >= 0.6 is 23.2 Å². The Hall–Kier alpha value is -2.23. The zero-order chi connectivity index (χ0) is 19.6. The maximum absolute atomic E-state index is 13.0. The van der Waals surface area contributed by atoms with Crippen LogP contribution in [-0.2, 0) is 10.0 Å². The largest absolute Gasteiger partial charge is 0.495 e. The molecule has 2 aromatic rings. The number of nitro benzene ring substituents is 1. The van der Waals surface area contributed by atoms with Gasteiger partial charge in [-0.2, -0.15) is 0 Å². The van der Waals surface area contributed by atoms with Crippen molar-refractivity contribution in [1.82, 2.24) is 0 Å². The van der Waals surface area contributed by atoms with Crippen molar-refractivity contribution in [2.45, 2.75) is 4.90 Å². The summed E-state index contributed by atoms with van der Waals surface area (Å²) in [6, 6.07) is 6.21. The van der Waals surface area contributed by atoms with Crippen LogP contribution in [0.1, 0.15) is 0 Å². The number of anilines is 1. The average Bonchev–Trinajstić information content (AvgIpc) is 2.62. The van der Waals surface area contributed by atoms with Gasteiger partial charge in [-0.3, -0.25) is 14.4 Å². The Bertz CT molecular complexity index is 965. The zero-order valence-corrected chi connectivity index (χ0v) is 16.2. The van der Waals surface area contributed by atoms with Crippen LogP contribution in [0.4, 0.5) is 11.4 Å². The van der Waals surface area contributed by atoms with Crippen LogP contribution in [0.15, 0.2) is 35.2 Å². The van der Waals surface area contributed by atoms with Crippen molar-refractivity contribution in [3.8, 4) is 11.5 Å². The van der Waals surface area contributed by atoms with Gasteiger partial charge in [-0.15, -0.1) is 0 Å². The number of hydrogen-bond donors (Lipinski definition) is 0. The lowest BCUT2D eigenvalue weighted by atomic mass is 10.2. The Labute approximate surface area is 160 Å². The highest BCUT2D eigenvalue weighted by atomic mass is 35.5. The van der Waals surface area contributed by atoms with E-state index in [1.165, 1.54) is 45.5 Å². The first-order valence-electron chi connectivity index (χ1n) is 6.98. The van der Waals surface area contributed by atoms with Gasteiger partial charge in [0.25, 0.3) is 15.7 Å². The summed E-state index contributed by atoms with van der Waals surface area (Å²) in [6.45, 7) is 0. The number of sulfonamides is 1. The fourth-order valence-electron chi connectivity index (χ4n) is 2.19. The molecule has 140 valence electrons. The highest BCUT2D eigenvalue weighted by Gasteiger charge is 2.29. The van der Waals surface area contributed by atoms with E-state index in [0.717, 1.165) is 10.4 Å². The maximum Gasteiger partial charge on any atom is 0.271 e. The minimum Gasteiger partial charge on any atom is -0.495 e. The van der Waals surface area contributed by atoms with Gasteiger partial charge in [0, 0.05) is 19.2 Å². The second-order valence-electron chi connectivity index (χ2n) is 4.98. The SMILES string of the molecule is COc1ccc([N+](=O)[O-])cc1N(C)S(=O)(=O)c1ccc(OC)c(Cl)c1Cl. The van der Waals surface area contributed by atoms with Crippen LogP contribution in [0.25, 0.3) is 0 Å². The molecule has 0 amide bonds. The number of benzene rings is 2. The predicted octanol–water partition coefficient (Wildman–Crippen LogP) is 3.74. The minimum atomic E-state index is -4.19. The van der Waals surface area contributed by atoms with Crippen molar-refractivity contribution in [3.05, 3.63) is 50.5 Å². The molecule has 2 rings (SSSR count). The predicted molar refractivity (Wildman–Crippen MR) is 98.3 cm³/mol. The summed E-state index contributed by atoms with van der Waals surface area (Å²) < 4.78 is 36.9. The molecule has 0 bridgehead atoms. The van der Waals surface area contributed by atoms with E-state index in [1.807, 2.05) is 0 Å². The Kier molecular flexibility index (Phi) is 5.84. The Morgan fingerprint density at radius 1 is 1.04 bits per heavy atom. The third-order valence-corrected chi connectivity index (χ3v) is 6.37. The molecule has 11 heteroatoms. The zero-order valence-electron chi connectivity index (χ0n) is 13.9. The summed E-state index contributed by atoms with van der Waals surface area (Å²) in [7, 11) is -0.270. The topological polar surface area (TPSA) is 99.0 Å². The van der Waals surface area contributed by atoms with E-state index >= 15 is 0 Å². The van der Waals surface area contributed by atoms with E-state index in [4.69, 9.17) is 32.7 Å². The molecule has 0 spiro atoms. The van der Waals surface area contributed by atoms with Crippen LogP contribution in [-0.4, -0.2) is 34.6 Å². The van der Waals surface area contributed by atoms with Crippen molar-refractivity contribution in [2.24, 2.45) is 0 Å². The van der Waals surface area contributed by atoms with Gasteiger partial charge in [0.2, 0.25) is 0 Å². The van der Waals surface area contributed by atoms with Gasteiger partial charge >= 0.3 is 0 Å². The highest BCUT2D eigenvalue weighted by Crippen LogP contribution is 2.40. The molecule has 0 atom stereocenters. The van der Waals surface area contributed by atoms with Crippen molar-refractivity contribution in [3.63, 3.8) is 0 Å². The summed E-state index contributed by atoms with van der Waals surface area (Å²) in [6.07, 6.45) is 0. The molecular formula is C15H14Cl2N2O6S. The van der Waals surface area contributed by atoms with Crippen LogP contribution < -0.4 is 13.8 Å². The molecule has 0 saturated heterocycles. The fraction of sp³-hybridized carbons (Fsp3) is 0.200. The van der Waals surface area contributed by atoms with Gasteiger partial charge in [-0.1, -0.05) is 23.2 Å². The van der Waals surface area contributed by atoms with Crippen LogP contribution in [0.3, 0.4) is 0 Å². The molecule has 2 aromatic carbocycles. The number of halogens is 2. The van der Waals surface area contributed by atoms with Gasteiger partial charge in [0.05, 0.1) is 24.2 Å². The van der Waals surface area contributed by atoms with E-state index in [-0.39, 0.29) is 37.8 Å². The number of methoxy groups -OCH3 is 2. The molecule has 0 radical (unpaired) electrons. The van der Waals surface area contributed by atoms with E-state index in [0.29, 0.717) is 0 Å². The lowest BCUT2D eigenvalue weighted by Gasteiger charge is -2.22. The molecule has 0 aromatic heterocycles. The van der Waals surface area contributed by atoms with Gasteiger partial charge < -0.3 is 9.47 Å². The first kappa shape index (κ1) is 20.1. The third kappa shape index (κ3) is 3.50. The number of ether oxygens (including phenoxy) is 2. The third-order valence-electron chi connectivity index (χ3n) is 3.58. The molecule has 8 nitrogen and oxygen atoms in total. The molecule has 0 fully saturated rings. The van der Waals surface area contributed by atoms with E-state index in [1.54, 1.807) is 0 Å². The van der Waals surface area contributed by atoms with Crippen molar-refractivity contribution in [1.29, 1.82) is 0 Å². The van der Waals surface area contributed by atoms with Crippen LogP contribution in [0.5, 0.6) is 11.5 Å². The van der Waals surface area contributed by atoms with Crippen molar-refractivity contribution < 1.29 is 22.8 Å². The standard InChI is InChI=1S/C15H14Cl2N2O6S/c1-18(10-8-9(19(20)21)4-5-11(10)24-2)26(22,23)13-7-6-12(25-3)14(16)15(13)17/h4-8H,1-3H3. The first-order valence-corrected chi connectivity index (χ1v) is 9.18. The van der Waals surface area contributed by atoms with Crippen LogP contribution in [0, 0.1) is 10.1 Å². The van der Waals surface area contributed by atoms with Crippen molar-refractivity contribution in [2.75, 3.05) is 25.6 Å². The molecule has 0 aliphatic carbocycles. The smallest absolute Gasteiger partial charge is 0.271 e. The molecule has 0 aliphatic rings.